The van der Waals surface area contributed by atoms with E-state index in [-0.39, 0.29) is 0 Å². The number of nitrogens with one attached hydrogen (secondary N) is 1. The second kappa shape index (κ2) is 5.36. The molecule has 1 fully saturated rings. The van der Waals surface area contributed by atoms with Crippen LogP contribution in [0.2, 0.25) is 0 Å². The van der Waals surface area contributed by atoms with Crippen molar-refractivity contribution in [2.75, 3.05) is 0 Å². The maximum Gasteiger partial charge on any atom is 0.103 e. The summed E-state index contributed by atoms with van der Waals surface area (Å²) in [5.41, 5.74) is 0. The normalized spacial score (nSPS) is 19.5. The molecule has 0 saturated heterocycles. The molecule has 84 valence electrons. The van der Waals surface area contributed by atoms with Crippen LogP contribution in [-0.4, -0.2) is 12.1 Å². The third kappa shape index (κ3) is 3.38. The minimum atomic E-state index is 0.609. The first-order chi connectivity index (χ1) is 7.34. The maximum absolute atomic E-state index is 5.33. The minimum Gasteiger partial charge on any atom is -0.469 e. The summed E-state index contributed by atoms with van der Waals surface area (Å²) < 4.78 is 5.33. The molecule has 1 atom stereocenters. The standard InChI is InChI=1S/C13H21NO/c1-11(14-12-5-2-3-6-12)8-9-13-7-4-10-15-13/h4,7,10-12,14H,2-3,5-6,8-9H2,1H3. The van der Waals surface area contributed by atoms with Crippen LogP contribution in [0.4, 0.5) is 0 Å². The summed E-state index contributed by atoms with van der Waals surface area (Å²) in [6, 6.07) is 5.40. The summed E-state index contributed by atoms with van der Waals surface area (Å²) in [6.45, 7) is 2.28. The van der Waals surface area contributed by atoms with Crippen molar-refractivity contribution in [2.24, 2.45) is 0 Å². The Morgan fingerprint density at radius 1 is 1.47 bits per heavy atom. The molecule has 1 aromatic rings. The number of rotatable bonds is 5. The summed E-state index contributed by atoms with van der Waals surface area (Å²) in [6.07, 6.45) is 9.52. The van der Waals surface area contributed by atoms with Crippen molar-refractivity contribution in [2.45, 2.75) is 57.5 Å². The zero-order valence-corrected chi connectivity index (χ0v) is 9.54. The second-order valence-corrected chi connectivity index (χ2v) is 4.67. The summed E-state index contributed by atoms with van der Waals surface area (Å²) >= 11 is 0. The van der Waals surface area contributed by atoms with Gasteiger partial charge in [-0.2, -0.15) is 0 Å². The van der Waals surface area contributed by atoms with Crippen LogP contribution in [0.25, 0.3) is 0 Å². The molecule has 0 bridgehead atoms. The van der Waals surface area contributed by atoms with Crippen LogP contribution in [0.15, 0.2) is 22.8 Å². The minimum absolute atomic E-state index is 0.609. The Morgan fingerprint density at radius 2 is 2.27 bits per heavy atom. The third-order valence-electron chi connectivity index (χ3n) is 3.28. The van der Waals surface area contributed by atoms with E-state index in [1.165, 1.54) is 32.1 Å². The van der Waals surface area contributed by atoms with Crippen molar-refractivity contribution in [3.63, 3.8) is 0 Å². The lowest BCUT2D eigenvalue weighted by molar-refractivity contribution is 0.414. The molecular formula is C13H21NO. The quantitative estimate of drug-likeness (QED) is 0.802. The first-order valence-corrected chi connectivity index (χ1v) is 6.13. The summed E-state index contributed by atoms with van der Waals surface area (Å²) in [5, 5.41) is 3.70. The molecule has 1 N–H and O–H groups in total. The number of furan rings is 1. The lowest BCUT2D eigenvalue weighted by Gasteiger charge is -2.18. The monoisotopic (exact) mass is 207 g/mol. The van der Waals surface area contributed by atoms with Crippen LogP contribution in [0, 0.1) is 0 Å². The van der Waals surface area contributed by atoms with E-state index in [9.17, 15) is 0 Å². The van der Waals surface area contributed by atoms with Gasteiger partial charge in [-0.3, -0.25) is 0 Å². The van der Waals surface area contributed by atoms with Crippen LogP contribution < -0.4 is 5.32 Å². The number of aryl methyl sites for hydroxylation is 1. The van der Waals surface area contributed by atoms with E-state index in [0.717, 1.165) is 18.2 Å². The van der Waals surface area contributed by atoms with Gasteiger partial charge in [0, 0.05) is 18.5 Å². The van der Waals surface area contributed by atoms with Crippen LogP contribution in [0.5, 0.6) is 0 Å². The van der Waals surface area contributed by atoms with Gasteiger partial charge in [-0.05, 0) is 38.3 Å². The molecule has 0 amide bonds. The van der Waals surface area contributed by atoms with Crippen LogP contribution in [0.3, 0.4) is 0 Å². The highest BCUT2D eigenvalue weighted by Crippen LogP contribution is 2.18. The van der Waals surface area contributed by atoms with Crippen molar-refractivity contribution >= 4 is 0 Å². The van der Waals surface area contributed by atoms with Gasteiger partial charge < -0.3 is 9.73 Å². The zero-order chi connectivity index (χ0) is 10.5. The van der Waals surface area contributed by atoms with Gasteiger partial charge in [0.1, 0.15) is 5.76 Å². The van der Waals surface area contributed by atoms with E-state index in [1.54, 1.807) is 6.26 Å². The largest absolute Gasteiger partial charge is 0.469 e. The van der Waals surface area contributed by atoms with Gasteiger partial charge in [0.15, 0.2) is 0 Å². The number of hydrogen-bond donors (Lipinski definition) is 1. The van der Waals surface area contributed by atoms with Gasteiger partial charge in [0.05, 0.1) is 6.26 Å². The van der Waals surface area contributed by atoms with Gasteiger partial charge in [-0.25, -0.2) is 0 Å². The average molecular weight is 207 g/mol. The molecule has 0 radical (unpaired) electrons. The fourth-order valence-electron chi connectivity index (χ4n) is 2.39. The van der Waals surface area contributed by atoms with E-state index in [2.05, 4.69) is 18.3 Å². The van der Waals surface area contributed by atoms with Crippen LogP contribution in [-0.2, 0) is 6.42 Å². The highest BCUT2D eigenvalue weighted by Gasteiger charge is 2.16. The molecule has 1 aliphatic carbocycles. The van der Waals surface area contributed by atoms with Gasteiger partial charge in [0.25, 0.3) is 0 Å². The fourth-order valence-corrected chi connectivity index (χ4v) is 2.39. The van der Waals surface area contributed by atoms with Gasteiger partial charge in [-0.1, -0.05) is 12.8 Å². The van der Waals surface area contributed by atoms with Gasteiger partial charge in [-0.15, -0.1) is 0 Å². The van der Waals surface area contributed by atoms with Crippen LogP contribution >= 0.6 is 0 Å². The molecule has 1 saturated carbocycles. The lowest BCUT2D eigenvalue weighted by atomic mass is 10.1. The van der Waals surface area contributed by atoms with E-state index in [4.69, 9.17) is 4.42 Å². The van der Waals surface area contributed by atoms with Crippen molar-refractivity contribution in [1.29, 1.82) is 0 Å². The molecule has 2 nitrogen and oxygen atoms in total. The Labute approximate surface area is 92.1 Å². The topological polar surface area (TPSA) is 25.2 Å². The Kier molecular flexibility index (Phi) is 3.84. The van der Waals surface area contributed by atoms with E-state index < -0.39 is 0 Å². The molecule has 2 heteroatoms. The SMILES string of the molecule is CC(CCc1ccco1)NC1CCCC1. The smallest absolute Gasteiger partial charge is 0.103 e. The first-order valence-electron chi connectivity index (χ1n) is 6.13. The fraction of sp³-hybridized carbons (Fsp3) is 0.692. The zero-order valence-electron chi connectivity index (χ0n) is 9.54. The van der Waals surface area contributed by atoms with Crippen molar-refractivity contribution in [1.82, 2.24) is 5.32 Å². The molecule has 15 heavy (non-hydrogen) atoms. The summed E-state index contributed by atoms with van der Waals surface area (Å²) in [4.78, 5) is 0. The summed E-state index contributed by atoms with van der Waals surface area (Å²) in [5.74, 6) is 1.11. The van der Waals surface area contributed by atoms with Crippen molar-refractivity contribution in [3.05, 3.63) is 24.2 Å². The highest BCUT2D eigenvalue weighted by atomic mass is 16.3. The Hall–Kier alpha value is -0.760. The lowest BCUT2D eigenvalue weighted by Crippen LogP contribution is -2.34. The molecule has 0 aromatic carbocycles. The van der Waals surface area contributed by atoms with Crippen molar-refractivity contribution < 1.29 is 4.42 Å². The second-order valence-electron chi connectivity index (χ2n) is 4.67. The van der Waals surface area contributed by atoms with E-state index in [1.807, 2.05) is 6.07 Å². The van der Waals surface area contributed by atoms with E-state index >= 15 is 0 Å². The Balaban J connectivity index is 1.66. The molecule has 2 rings (SSSR count). The predicted molar refractivity (Wildman–Crippen MR) is 61.9 cm³/mol. The molecule has 1 aliphatic rings. The number of hydrogen-bond acceptors (Lipinski definition) is 2. The average Bonchev–Trinajstić information content (AvgIpc) is 2.86. The molecular weight excluding hydrogens is 186 g/mol. The molecule has 0 aliphatic heterocycles. The third-order valence-corrected chi connectivity index (χ3v) is 3.28. The van der Waals surface area contributed by atoms with E-state index in [0.29, 0.717) is 6.04 Å². The van der Waals surface area contributed by atoms with Gasteiger partial charge in [0.2, 0.25) is 0 Å². The van der Waals surface area contributed by atoms with Gasteiger partial charge >= 0.3 is 0 Å². The first kappa shape index (κ1) is 10.7. The predicted octanol–water partition coefficient (Wildman–Crippen LogP) is 3.13. The van der Waals surface area contributed by atoms with Crippen LogP contribution in [0.1, 0.15) is 44.8 Å². The maximum atomic E-state index is 5.33. The van der Waals surface area contributed by atoms with Crippen molar-refractivity contribution in [3.8, 4) is 0 Å². The molecule has 1 aromatic heterocycles. The molecule has 1 unspecified atom stereocenters. The molecule has 0 spiro atoms. The molecule has 1 heterocycles. The summed E-state index contributed by atoms with van der Waals surface area (Å²) in [7, 11) is 0. The highest BCUT2D eigenvalue weighted by molar-refractivity contribution is 4.98. The Bertz CT molecular complexity index is 262. The Morgan fingerprint density at radius 3 is 2.93 bits per heavy atom.